The number of nitrogens with zero attached hydrogens (tertiary/aromatic N) is 1. The molecule has 2 aromatic carbocycles. The first kappa shape index (κ1) is 20.7. The second kappa shape index (κ2) is 8.65. The van der Waals surface area contributed by atoms with Crippen molar-refractivity contribution in [2.24, 2.45) is 0 Å². The third-order valence-corrected chi connectivity index (χ3v) is 8.16. The minimum atomic E-state index is -3.53. The lowest BCUT2D eigenvalue weighted by Gasteiger charge is -2.25. The predicted octanol–water partition coefficient (Wildman–Crippen LogP) is 3.83. The van der Waals surface area contributed by atoms with Crippen LogP contribution < -0.4 is 5.32 Å². The third-order valence-electron chi connectivity index (χ3n) is 4.66. The first-order valence-electron chi connectivity index (χ1n) is 9.28. The van der Waals surface area contributed by atoms with Crippen LogP contribution in [0.1, 0.15) is 10.4 Å². The number of thiophene rings is 1. The SMILES string of the molecule is O=C(Nc1cccc(F)c1)c1ccc(-c2ccc(S(=O)(=O)N3CCOCC3)s2)cc1. The Labute approximate surface area is 178 Å². The average molecular weight is 447 g/mol. The molecule has 0 unspecified atom stereocenters. The molecule has 4 rings (SSSR count). The zero-order chi connectivity index (χ0) is 21.1. The zero-order valence-corrected chi connectivity index (χ0v) is 17.5. The Morgan fingerprint density at radius 1 is 1.03 bits per heavy atom. The van der Waals surface area contributed by atoms with Gasteiger partial charge in [-0.2, -0.15) is 4.31 Å². The maximum Gasteiger partial charge on any atom is 0.255 e. The molecule has 0 atom stereocenters. The van der Waals surface area contributed by atoms with E-state index < -0.39 is 15.8 Å². The second-order valence-electron chi connectivity index (χ2n) is 6.68. The molecule has 0 saturated carbocycles. The van der Waals surface area contributed by atoms with Crippen molar-refractivity contribution in [1.82, 2.24) is 4.31 Å². The summed E-state index contributed by atoms with van der Waals surface area (Å²) >= 11 is 1.19. The van der Waals surface area contributed by atoms with Gasteiger partial charge in [0.05, 0.1) is 13.2 Å². The van der Waals surface area contributed by atoms with E-state index in [1.807, 2.05) is 0 Å². The molecular weight excluding hydrogens is 427 g/mol. The third kappa shape index (κ3) is 4.44. The van der Waals surface area contributed by atoms with Crippen LogP contribution in [0.3, 0.4) is 0 Å². The average Bonchev–Trinajstić information content (AvgIpc) is 3.26. The van der Waals surface area contributed by atoms with E-state index >= 15 is 0 Å². The van der Waals surface area contributed by atoms with Crippen molar-refractivity contribution in [3.05, 3.63) is 72.0 Å². The van der Waals surface area contributed by atoms with Crippen molar-refractivity contribution in [2.75, 3.05) is 31.6 Å². The molecule has 0 spiro atoms. The Morgan fingerprint density at radius 2 is 1.77 bits per heavy atom. The Kier molecular flexibility index (Phi) is 5.96. The summed E-state index contributed by atoms with van der Waals surface area (Å²) in [6, 6.07) is 15.9. The van der Waals surface area contributed by atoms with E-state index in [2.05, 4.69) is 5.32 Å². The van der Waals surface area contributed by atoms with Crippen LogP contribution in [-0.2, 0) is 14.8 Å². The number of hydrogen-bond acceptors (Lipinski definition) is 5. The number of nitrogens with one attached hydrogen (secondary N) is 1. The van der Waals surface area contributed by atoms with E-state index in [9.17, 15) is 17.6 Å². The molecule has 1 saturated heterocycles. The summed E-state index contributed by atoms with van der Waals surface area (Å²) in [6.45, 7) is 1.50. The van der Waals surface area contributed by atoms with Gasteiger partial charge in [-0.05, 0) is 48.0 Å². The molecule has 0 radical (unpaired) electrons. The van der Waals surface area contributed by atoms with Crippen molar-refractivity contribution < 1.29 is 22.3 Å². The summed E-state index contributed by atoms with van der Waals surface area (Å²) in [4.78, 5) is 13.1. The van der Waals surface area contributed by atoms with Crippen molar-refractivity contribution in [3.8, 4) is 10.4 Å². The summed E-state index contributed by atoms with van der Waals surface area (Å²) in [5, 5.41) is 2.65. The smallest absolute Gasteiger partial charge is 0.255 e. The Hall–Kier alpha value is -2.59. The number of carbonyl (C=O) groups is 1. The Balaban J connectivity index is 1.49. The molecule has 6 nitrogen and oxygen atoms in total. The molecule has 1 aliphatic rings. The fourth-order valence-corrected chi connectivity index (χ4v) is 5.96. The summed E-state index contributed by atoms with van der Waals surface area (Å²) < 4.78 is 45.8. The molecule has 1 amide bonds. The number of amides is 1. The van der Waals surface area contributed by atoms with Gasteiger partial charge in [0, 0.05) is 29.2 Å². The van der Waals surface area contributed by atoms with E-state index in [-0.39, 0.29) is 10.1 Å². The van der Waals surface area contributed by atoms with Gasteiger partial charge in [0.2, 0.25) is 0 Å². The lowest BCUT2D eigenvalue weighted by Crippen LogP contribution is -2.40. The topological polar surface area (TPSA) is 75.7 Å². The van der Waals surface area contributed by atoms with E-state index in [4.69, 9.17) is 4.74 Å². The molecule has 9 heteroatoms. The predicted molar refractivity (Wildman–Crippen MR) is 114 cm³/mol. The largest absolute Gasteiger partial charge is 0.379 e. The molecule has 2 heterocycles. The van der Waals surface area contributed by atoms with Crippen molar-refractivity contribution in [3.63, 3.8) is 0 Å². The number of sulfonamides is 1. The number of rotatable bonds is 5. The molecule has 30 heavy (non-hydrogen) atoms. The van der Waals surface area contributed by atoms with Gasteiger partial charge < -0.3 is 10.1 Å². The minimum absolute atomic E-state index is 0.285. The van der Waals surface area contributed by atoms with Crippen molar-refractivity contribution in [1.29, 1.82) is 0 Å². The van der Waals surface area contributed by atoms with Crippen LogP contribution in [-0.4, -0.2) is 44.9 Å². The van der Waals surface area contributed by atoms with E-state index in [0.29, 0.717) is 37.6 Å². The number of anilines is 1. The molecular formula is C21H19FN2O4S2. The van der Waals surface area contributed by atoms with Crippen LogP contribution in [0.15, 0.2) is 64.9 Å². The molecule has 1 fully saturated rings. The van der Waals surface area contributed by atoms with Crippen LogP contribution in [0.2, 0.25) is 0 Å². The maximum absolute atomic E-state index is 13.3. The molecule has 156 valence electrons. The van der Waals surface area contributed by atoms with Crippen molar-refractivity contribution in [2.45, 2.75) is 4.21 Å². The van der Waals surface area contributed by atoms with Gasteiger partial charge in [0.15, 0.2) is 0 Å². The number of halogens is 1. The number of benzene rings is 2. The van der Waals surface area contributed by atoms with Crippen molar-refractivity contribution >= 4 is 33.0 Å². The number of hydrogen-bond donors (Lipinski definition) is 1. The lowest BCUT2D eigenvalue weighted by atomic mass is 10.1. The molecule has 1 aliphatic heterocycles. The number of morpholine rings is 1. The van der Waals surface area contributed by atoms with E-state index in [1.165, 1.54) is 33.8 Å². The van der Waals surface area contributed by atoms with Crippen LogP contribution >= 0.6 is 11.3 Å². The van der Waals surface area contributed by atoms with Gasteiger partial charge in [0.1, 0.15) is 10.0 Å². The summed E-state index contributed by atoms with van der Waals surface area (Å²) in [7, 11) is -3.53. The molecule has 3 aromatic rings. The quantitative estimate of drug-likeness (QED) is 0.646. The van der Waals surface area contributed by atoms with Gasteiger partial charge in [-0.15, -0.1) is 11.3 Å². The summed E-state index contributed by atoms with van der Waals surface area (Å²) in [5.41, 5.74) is 1.60. The highest BCUT2D eigenvalue weighted by atomic mass is 32.2. The highest BCUT2D eigenvalue weighted by Gasteiger charge is 2.27. The van der Waals surface area contributed by atoms with Gasteiger partial charge in [-0.1, -0.05) is 18.2 Å². The van der Waals surface area contributed by atoms with Crippen LogP contribution in [0.5, 0.6) is 0 Å². The number of ether oxygens (including phenoxy) is 1. The molecule has 0 bridgehead atoms. The Bertz CT molecular complexity index is 1150. The number of carbonyl (C=O) groups excluding carboxylic acids is 1. The van der Waals surface area contributed by atoms with Gasteiger partial charge in [-0.3, -0.25) is 4.79 Å². The standard InChI is InChI=1S/C21H19FN2O4S2/c22-17-2-1-3-18(14-17)23-21(25)16-6-4-15(5-7-16)19-8-9-20(29-19)30(26,27)24-10-12-28-13-11-24/h1-9,14H,10-13H2,(H,23,25). The Morgan fingerprint density at radius 3 is 2.47 bits per heavy atom. The summed E-state index contributed by atoms with van der Waals surface area (Å²) in [6.07, 6.45) is 0. The maximum atomic E-state index is 13.3. The monoisotopic (exact) mass is 446 g/mol. The van der Waals surface area contributed by atoms with Crippen LogP contribution in [0.25, 0.3) is 10.4 Å². The summed E-state index contributed by atoms with van der Waals surface area (Å²) in [5.74, 6) is -0.780. The van der Waals surface area contributed by atoms with Gasteiger partial charge in [-0.25, -0.2) is 12.8 Å². The molecule has 0 aliphatic carbocycles. The first-order chi connectivity index (χ1) is 14.4. The highest BCUT2D eigenvalue weighted by Crippen LogP contribution is 2.32. The fourth-order valence-electron chi connectivity index (χ4n) is 3.08. The minimum Gasteiger partial charge on any atom is -0.379 e. The fraction of sp³-hybridized carbons (Fsp3) is 0.190. The van der Waals surface area contributed by atoms with Gasteiger partial charge >= 0.3 is 0 Å². The van der Waals surface area contributed by atoms with E-state index in [0.717, 1.165) is 10.4 Å². The highest BCUT2D eigenvalue weighted by molar-refractivity contribution is 7.91. The zero-order valence-electron chi connectivity index (χ0n) is 15.9. The van der Waals surface area contributed by atoms with E-state index in [1.54, 1.807) is 42.5 Å². The second-order valence-corrected chi connectivity index (χ2v) is 9.93. The molecule has 1 aromatic heterocycles. The molecule has 1 N–H and O–H groups in total. The van der Waals surface area contributed by atoms with Gasteiger partial charge in [0.25, 0.3) is 15.9 Å². The normalized spacial score (nSPS) is 15.1. The first-order valence-corrected chi connectivity index (χ1v) is 11.5. The van der Waals surface area contributed by atoms with Crippen LogP contribution in [0.4, 0.5) is 10.1 Å². The lowest BCUT2D eigenvalue weighted by molar-refractivity contribution is 0.0731. The van der Waals surface area contributed by atoms with Crippen LogP contribution in [0, 0.1) is 5.82 Å².